The molecule has 0 aromatic carbocycles. The van der Waals surface area contributed by atoms with Crippen molar-refractivity contribution in [1.29, 1.82) is 0 Å². The van der Waals surface area contributed by atoms with Crippen molar-refractivity contribution < 1.29 is 9.21 Å². The lowest BCUT2D eigenvalue weighted by Crippen LogP contribution is -2.25. The van der Waals surface area contributed by atoms with Crippen LogP contribution in [0.25, 0.3) is 0 Å². The minimum absolute atomic E-state index is 0.178. The van der Waals surface area contributed by atoms with Crippen LogP contribution >= 0.6 is 0 Å². The van der Waals surface area contributed by atoms with Gasteiger partial charge in [0.2, 0.25) is 0 Å². The van der Waals surface area contributed by atoms with Crippen LogP contribution in [-0.2, 0) is 6.54 Å². The number of furan rings is 1. The van der Waals surface area contributed by atoms with Crippen molar-refractivity contribution in [2.75, 3.05) is 18.0 Å². The Balaban J connectivity index is 1.66. The van der Waals surface area contributed by atoms with Crippen molar-refractivity contribution in [3.05, 3.63) is 48.0 Å². The van der Waals surface area contributed by atoms with E-state index < -0.39 is 0 Å². The lowest BCUT2D eigenvalue weighted by Gasteiger charge is -2.16. The van der Waals surface area contributed by atoms with Crippen LogP contribution in [0.5, 0.6) is 0 Å². The average Bonchev–Trinajstić information content (AvgIpc) is 3.18. The van der Waals surface area contributed by atoms with Gasteiger partial charge in [0.05, 0.1) is 12.8 Å². The maximum Gasteiger partial charge on any atom is 0.270 e. The van der Waals surface area contributed by atoms with E-state index in [1.54, 1.807) is 18.4 Å². The SMILES string of the molecule is O=C(NCc1ccco1)c1cccc(N2CCCC2)n1. The molecule has 5 nitrogen and oxygen atoms in total. The summed E-state index contributed by atoms with van der Waals surface area (Å²) in [6.07, 6.45) is 3.97. The molecule has 0 radical (unpaired) electrons. The number of carbonyl (C=O) groups excluding carboxylic acids is 1. The summed E-state index contributed by atoms with van der Waals surface area (Å²) < 4.78 is 5.18. The normalized spacial score (nSPS) is 14.5. The number of aromatic nitrogens is 1. The third-order valence-corrected chi connectivity index (χ3v) is 3.40. The molecule has 2 aromatic rings. The average molecular weight is 271 g/mol. The Bertz CT molecular complexity index is 575. The highest BCUT2D eigenvalue weighted by molar-refractivity contribution is 5.92. The van der Waals surface area contributed by atoms with E-state index >= 15 is 0 Å². The maximum absolute atomic E-state index is 12.1. The lowest BCUT2D eigenvalue weighted by molar-refractivity contribution is 0.0943. The Labute approximate surface area is 117 Å². The van der Waals surface area contributed by atoms with Crippen LogP contribution in [0.2, 0.25) is 0 Å². The second-order valence-corrected chi connectivity index (χ2v) is 4.84. The van der Waals surface area contributed by atoms with Crippen LogP contribution in [0.4, 0.5) is 5.82 Å². The van der Waals surface area contributed by atoms with Crippen molar-refractivity contribution in [3.63, 3.8) is 0 Å². The molecule has 0 spiro atoms. The number of nitrogens with zero attached hydrogens (tertiary/aromatic N) is 2. The minimum atomic E-state index is -0.178. The molecule has 20 heavy (non-hydrogen) atoms. The summed E-state index contributed by atoms with van der Waals surface area (Å²) >= 11 is 0. The number of hydrogen-bond acceptors (Lipinski definition) is 4. The number of pyridine rings is 1. The molecule has 3 heterocycles. The second kappa shape index (κ2) is 5.77. The van der Waals surface area contributed by atoms with Crippen LogP contribution in [0.15, 0.2) is 41.0 Å². The summed E-state index contributed by atoms with van der Waals surface area (Å²) in [5.41, 5.74) is 0.445. The van der Waals surface area contributed by atoms with E-state index in [4.69, 9.17) is 4.42 Å². The lowest BCUT2D eigenvalue weighted by atomic mass is 10.3. The molecule has 0 atom stereocenters. The molecule has 104 valence electrons. The molecule has 0 aliphatic carbocycles. The Kier molecular flexibility index (Phi) is 3.67. The molecule has 5 heteroatoms. The zero-order valence-corrected chi connectivity index (χ0v) is 11.2. The highest BCUT2D eigenvalue weighted by Crippen LogP contribution is 2.17. The number of hydrogen-bond donors (Lipinski definition) is 1. The van der Waals surface area contributed by atoms with Crippen LogP contribution < -0.4 is 10.2 Å². The van der Waals surface area contributed by atoms with Gasteiger partial charge in [0.15, 0.2) is 0 Å². The molecule has 0 bridgehead atoms. The number of rotatable bonds is 4. The molecule has 0 saturated carbocycles. The molecule has 1 amide bonds. The minimum Gasteiger partial charge on any atom is -0.467 e. The fourth-order valence-corrected chi connectivity index (χ4v) is 2.34. The van der Waals surface area contributed by atoms with Crippen molar-refractivity contribution in [1.82, 2.24) is 10.3 Å². The summed E-state index contributed by atoms with van der Waals surface area (Å²) in [6, 6.07) is 9.19. The largest absolute Gasteiger partial charge is 0.467 e. The Hall–Kier alpha value is -2.30. The Morgan fingerprint density at radius 3 is 2.85 bits per heavy atom. The maximum atomic E-state index is 12.1. The molecule has 1 saturated heterocycles. The molecule has 3 rings (SSSR count). The topological polar surface area (TPSA) is 58.4 Å². The van der Waals surface area contributed by atoms with Gasteiger partial charge in [-0.3, -0.25) is 4.79 Å². The van der Waals surface area contributed by atoms with Crippen LogP contribution in [0.1, 0.15) is 29.1 Å². The van der Waals surface area contributed by atoms with Gasteiger partial charge in [0.25, 0.3) is 5.91 Å². The summed E-state index contributed by atoms with van der Waals surface area (Å²) in [5.74, 6) is 1.43. The van der Waals surface area contributed by atoms with Gasteiger partial charge < -0.3 is 14.6 Å². The predicted octanol–water partition coefficient (Wildman–Crippen LogP) is 2.20. The quantitative estimate of drug-likeness (QED) is 0.926. The van der Waals surface area contributed by atoms with Gasteiger partial charge in [0.1, 0.15) is 17.3 Å². The zero-order valence-electron chi connectivity index (χ0n) is 11.2. The molecule has 0 unspecified atom stereocenters. The molecule has 2 aromatic heterocycles. The highest BCUT2D eigenvalue weighted by atomic mass is 16.3. The number of amides is 1. The van der Waals surface area contributed by atoms with E-state index in [0.717, 1.165) is 24.7 Å². The van der Waals surface area contributed by atoms with Gasteiger partial charge in [-0.2, -0.15) is 0 Å². The van der Waals surface area contributed by atoms with Crippen molar-refractivity contribution in [3.8, 4) is 0 Å². The van der Waals surface area contributed by atoms with Gasteiger partial charge >= 0.3 is 0 Å². The molecule has 1 N–H and O–H groups in total. The monoisotopic (exact) mass is 271 g/mol. The van der Waals surface area contributed by atoms with Crippen molar-refractivity contribution in [2.24, 2.45) is 0 Å². The van der Waals surface area contributed by atoms with Gasteiger partial charge in [-0.05, 0) is 37.1 Å². The summed E-state index contributed by atoms with van der Waals surface area (Å²) in [4.78, 5) is 18.7. The first-order chi connectivity index (χ1) is 9.83. The summed E-state index contributed by atoms with van der Waals surface area (Å²) in [6.45, 7) is 2.41. The van der Waals surface area contributed by atoms with Crippen molar-refractivity contribution in [2.45, 2.75) is 19.4 Å². The van der Waals surface area contributed by atoms with E-state index in [1.807, 2.05) is 18.2 Å². The molecule has 1 aliphatic rings. The van der Waals surface area contributed by atoms with Gasteiger partial charge in [-0.1, -0.05) is 6.07 Å². The molecular formula is C15H17N3O2. The molecule has 1 fully saturated rings. The van der Waals surface area contributed by atoms with Crippen LogP contribution in [0.3, 0.4) is 0 Å². The smallest absolute Gasteiger partial charge is 0.270 e. The Morgan fingerprint density at radius 1 is 1.25 bits per heavy atom. The summed E-state index contributed by atoms with van der Waals surface area (Å²) in [7, 11) is 0. The third-order valence-electron chi connectivity index (χ3n) is 3.40. The number of carbonyl (C=O) groups is 1. The second-order valence-electron chi connectivity index (χ2n) is 4.84. The van der Waals surface area contributed by atoms with E-state index in [0.29, 0.717) is 12.2 Å². The van der Waals surface area contributed by atoms with Crippen LogP contribution in [0, 0.1) is 0 Å². The van der Waals surface area contributed by atoms with E-state index in [9.17, 15) is 4.79 Å². The van der Waals surface area contributed by atoms with Gasteiger partial charge in [-0.15, -0.1) is 0 Å². The first kappa shape index (κ1) is 12.7. The summed E-state index contributed by atoms with van der Waals surface area (Å²) in [5, 5.41) is 2.81. The van der Waals surface area contributed by atoms with E-state index in [2.05, 4.69) is 15.2 Å². The first-order valence-corrected chi connectivity index (χ1v) is 6.85. The number of nitrogens with one attached hydrogen (secondary N) is 1. The Morgan fingerprint density at radius 2 is 2.10 bits per heavy atom. The fourth-order valence-electron chi connectivity index (χ4n) is 2.34. The first-order valence-electron chi connectivity index (χ1n) is 6.85. The standard InChI is InChI=1S/C15H17N3O2/c19-15(16-11-12-5-4-10-20-12)13-6-3-7-14(17-13)18-8-1-2-9-18/h3-7,10H,1-2,8-9,11H2,(H,16,19). The molecule has 1 aliphatic heterocycles. The van der Waals surface area contributed by atoms with Gasteiger partial charge in [0, 0.05) is 13.1 Å². The van der Waals surface area contributed by atoms with E-state index in [-0.39, 0.29) is 5.91 Å². The molecular weight excluding hydrogens is 254 g/mol. The van der Waals surface area contributed by atoms with Crippen molar-refractivity contribution >= 4 is 11.7 Å². The third kappa shape index (κ3) is 2.82. The highest BCUT2D eigenvalue weighted by Gasteiger charge is 2.15. The van der Waals surface area contributed by atoms with Crippen LogP contribution in [-0.4, -0.2) is 24.0 Å². The fraction of sp³-hybridized carbons (Fsp3) is 0.333. The predicted molar refractivity (Wildman–Crippen MR) is 75.6 cm³/mol. The van der Waals surface area contributed by atoms with E-state index in [1.165, 1.54) is 12.8 Å². The zero-order chi connectivity index (χ0) is 13.8. The number of anilines is 1. The van der Waals surface area contributed by atoms with Gasteiger partial charge in [-0.25, -0.2) is 4.98 Å².